The van der Waals surface area contributed by atoms with Gasteiger partial charge in [-0.15, -0.1) is 0 Å². The van der Waals surface area contributed by atoms with Crippen LogP contribution in [0.15, 0.2) is 53.7 Å². The molecule has 0 aliphatic heterocycles. The third kappa shape index (κ3) is 4.49. The van der Waals surface area contributed by atoms with E-state index in [1.165, 1.54) is 18.2 Å². The molecule has 8 heteroatoms. The van der Waals surface area contributed by atoms with E-state index in [4.69, 9.17) is 12.2 Å². The molecule has 0 bridgehead atoms. The van der Waals surface area contributed by atoms with E-state index in [0.717, 1.165) is 42.3 Å². The van der Waals surface area contributed by atoms with Crippen LogP contribution in [-0.2, 0) is 15.4 Å². The van der Waals surface area contributed by atoms with Crippen LogP contribution in [0.3, 0.4) is 0 Å². The maximum absolute atomic E-state index is 13.9. The average Bonchev–Trinajstić information content (AvgIpc) is 2.74. The first-order valence-electron chi connectivity index (χ1n) is 9.78. The standard InChI is InChI=1S/C21H26FN3O2S2/c1-23-20(28)21(17-8-6-13-24-15-17)12-5-4-7-16(21)11-14-25-29(26,27)19-10-3-2-9-18(19)22/h2-3,6,8-10,13,15-16,25H,4-5,7,11-12,14H2,1H3,(H,23,28). The molecule has 3 rings (SSSR count). The summed E-state index contributed by atoms with van der Waals surface area (Å²) >= 11 is 5.74. The number of likely N-dealkylation sites (N-methyl/N-ethyl adjacent to an activating group) is 1. The Morgan fingerprint density at radius 2 is 2.07 bits per heavy atom. The van der Waals surface area contributed by atoms with E-state index >= 15 is 0 Å². The Balaban J connectivity index is 1.81. The van der Waals surface area contributed by atoms with Crippen molar-refractivity contribution in [3.8, 4) is 0 Å². The number of hydrogen-bond donors (Lipinski definition) is 2. The minimum atomic E-state index is -3.91. The van der Waals surface area contributed by atoms with Crippen LogP contribution in [0.1, 0.15) is 37.7 Å². The number of halogens is 1. The van der Waals surface area contributed by atoms with Crippen molar-refractivity contribution in [2.24, 2.45) is 5.92 Å². The molecule has 1 aliphatic carbocycles. The molecule has 29 heavy (non-hydrogen) atoms. The molecule has 1 aliphatic rings. The molecule has 1 aromatic heterocycles. The normalized spacial score (nSPS) is 22.2. The molecule has 2 atom stereocenters. The first kappa shape index (κ1) is 21.8. The second kappa shape index (κ2) is 9.28. The van der Waals surface area contributed by atoms with Crippen molar-refractivity contribution in [3.63, 3.8) is 0 Å². The summed E-state index contributed by atoms with van der Waals surface area (Å²) in [4.78, 5) is 4.71. The molecule has 1 fully saturated rings. The van der Waals surface area contributed by atoms with E-state index in [9.17, 15) is 12.8 Å². The van der Waals surface area contributed by atoms with E-state index in [2.05, 4.69) is 15.0 Å². The molecular weight excluding hydrogens is 409 g/mol. The first-order chi connectivity index (χ1) is 13.9. The molecule has 2 unspecified atom stereocenters. The Bertz CT molecular complexity index is 953. The van der Waals surface area contributed by atoms with Crippen molar-refractivity contribution in [1.82, 2.24) is 15.0 Å². The van der Waals surface area contributed by atoms with Gasteiger partial charge in [-0.25, -0.2) is 17.5 Å². The van der Waals surface area contributed by atoms with Gasteiger partial charge in [0, 0.05) is 31.4 Å². The van der Waals surface area contributed by atoms with Crippen LogP contribution in [0.2, 0.25) is 0 Å². The number of sulfonamides is 1. The van der Waals surface area contributed by atoms with Gasteiger partial charge < -0.3 is 5.32 Å². The van der Waals surface area contributed by atoms with Crippen molar-refractivity contribution in [2.45, 2.75) is 42.4 Å². The zero-order valence-electron chi connectivity index (χ0n) is 16.4. The number of nitrogens with zero attached hydrogens (tertiary/aromatic N) is 1. The lowest BCUT2D eigenvalue weighted by molar-refractivity contribution is 0.239. The molecule has 2 aromatic rings. The minimum Gasteiger partial charge on any atom is -0.382 e. The van der Waals surface area contributed by atoms with Gasteiger partial charge in [0.15, 0.2) is 0 Å². The lowest BCUT2D eigenvalue weighted by atomic mass is 9.61. The summed E-state index contributed by atoms with van der Waals surface area (Å²) in [5.74, 6) is -0.595. The largest absolute Gasteiger partial charge is 0.382 e. The van der Waals surface area contributed by atoms with Crippen LogP contribution in [0.5, 0.6) is 0 Å². The van der Waals surface area contributed by atoms with Gasteiger partial charge >= 0.3 is 0 Å². The van der Waals surface area contributed by atoms with Crippen molar-refractivity contribution in [2.75, 3.05) is 13.6 Å². The molecule has 2 N–H and O–H groups in total. The fourth-order valence-corrected chi connectivity index (χ4v) is 5.91. The number of thiocarbonyl (C=S) groups is 1. The average molecular weight is 436 g/mol. The van der Waals surface area contributed by atoms with E-state index in [-0.39, 0.29) is 22.8 Å². The van der Waals surface area contributed by atoms with Gasteiger partial charge in [0.2, 0.25) is 10.0 Å². The highest BCUT2D eigenvalue weighted by Gasteiger charge is 2.45. The highest BCUT2D eigenvalue weighted by Crippen LogP contribution is 2.46. The third-order valence-electron chi connectivity index (χ3n) is 5.79. The van der Waals surface area contributed by atoms with Crippen LogP contribution in [-0.4, -0.2) is 32.0 Å². The summed E-state index contributed by atoms with van der Waals surface area (Å²) in [5.41, 5.74) is 0.682. The molecule has 0 amide bonds. The van der Waals surface area contributed by atoms with Crippen molar-refractivity contribution in [3.05, 3.63) is 60.2 Å². The molecule has 1 aromatic carbocycles. The summed E-state index contributed by atoms with van der Waals surface area (Å²) in [6.07, 6.45) is 8.14. The van der Waals surface area contributed by atoms with Gasteiger partial charge in [-0.2, -0.15) is 0 Å². The summed E-state index contributed by atoms with van der Waals surface area (Å²) in [6, 6.07) is 9.35. The Morgan fingerprint density at radius 3 is 2.76 bits per heavy atom. The van der Waals surface area contributed by atoms with E-state index < -0.39 is 15.8 Å². The molecular formula is C21H26FN3O2S2. The van der Waals surface area contributed by atoms with Crippen LogP contribution in [0.4, 0.5) is 4.39 Å². The zero-order chi connectivity index (χ0) is 20.9. The topological polar surface area (TPSA) is 71.1 Å². The second-order valence-corrected chi connectivity index (χ2v) is 9.50. The SMILES string of the molecule is CNC(=S)C1(c2cccnc2)CCCCC1CCNS(=O)(=O)c1ccccc1F. The number of hydrogen-bond acceptors (Lipinski definition) is 4. The number of benzene rings is 1. The Hall–Kier alpha value is -1.90. The van der Waals surface area contributed by atoms with Crippen molar-refractivity contribution >= 4 is 27.2 Å². The summed E-state index contributed by atoms with van der Waals surface area (Å²) in [6.45, 7) is 0.218. The Kier molecular flexibility index (Phi) is 6.97. The van der Waals surface area contributed by atoms with Crippen molar-refractivity contribution in [1.29, 1.82) is 0 Å². The molecule has 0 spiro atoms. The van der Waals surface area contributed by atoms with Crippen LogP contribution in [0.25, 0.3) is 0 Å². The van der Waals surface area contributed by atoms with Gasteiger partial charge in [0.25, 0.3) is 0 Å². The van der Waals surface area contributed by atoms with Crippen LogP contribution in [0, 0.1) is 11.7 Å². The van der Waals surface area contributed by atoms with Gasteiger partial charge in [-0.3, -0.25) is 4.98 Å². The minimum absolute atomic E-state index is 0.156. The molecule has 1 heterocycles. The zero-order valence-corrected chi connectivity index (χ0v) is 18.0. The third-order valence-corrected chi connectivity index (χ3v) is 7.85. The fourth-order valence-electron chi connectivity index (χ4n) is 4.40. The number of nitrogens with one attached hydrogen (secondary N) is 2. The highest BCUT2D eigenvalue weighted by molar-refractivity contribution is 7.89. The smallest absolute Gasteiger partial charge is 0.243 e. The maximum atomic E-state index is 13.9. The van der Waals surface area contributed by atoms with Crippen LogP contribution >= 0.6 is 12.2 Å². The van der Waals surface area contributed by atoms with E-state index in [1.54, 1.807) is 6.20 Å². The quantitative estimate of drug-likeness (QED) is 0.651. The summed E-state index contributed by atoms with van der Waals surface area (Å²) in [7, 11) is -2.08. The second-order valence-electron chi connectivity index (χ2n) is 7.35. The predicted molar refractivity (Wildman–Crippen MR) is 116 cm³/mol. The highest BCUT2D eigenvalue weighted by atomic mass is 32.2. The number of rotatable bonds is 7. The fraction of sp³-hybridized carbons (Fsp3) is 0.429. The monoisotopic (exact) mass is 435 g/mol. The molecule has 1 saturated carbocycles. The Labute approximate surface area is 177 Å². The van der Waals surface area contributed by atoms with E-state index in [0.29, 0.717) is 6.42 Å². The Morgan fingerprint density at radius 1 is 1.28 bits per heavy atom. The first-order valence-corrected chi connectivity index (χ1v) is 11.7. The molecule has 0 saturated heterocycles. The van der Waals surface area contributed by atoms with E-state index in [1.807, 2.05) is 25.4 Å². The summed E-state index contributed by atoms with van der Waals surface area (Å²) in [5, 5.41) is 3.16. The van der Waals surface area contributed by atoms with Gasteiger partial charge in [-0.1, -0.05) is 43.3 Å². The van der Waals surface area contributed by atoms with Crippen molar-refractivity contribution < 1.29 is 12.8 Å². The molecule has 5 nitrogen and oxygen atoms in total. The van der Waals surface area contributed by atoms with Gasteiger partial charge in [0.1, 0.15) is 10.7 Å². The molecule has 0 radical (unpaired) electrons. The number of aromatic nitrogens is 1. The molecule has 156 valence electrons. The lowest BCUT2D eigenvalue weighted by Crippen LogP contribution is -2.50. The summed E-state index contributed by atoms with van der Waals surface area (Å²) < 4.78 is 41.5. The predicted octanol–water partition coefficient (Wildman–Crippen LogP) is 3.56. The van der Waals surface area contributed by atoms with Gasteiger partial charge in [-0.05, 0) is 48.9 Å². The lowest BCUT2D eigenvalue weighted by Gasteiger charge is -2.45. The van der Waals surface area contributed by atoms with Crippen LogP contribution < -0.4 is 10.0 Å². The maximum Gasteiger partial charge on any atom is 0.243 e. The number of pyridine rings is 1. The van der Waals surface area contributed by atoms with Gasteiger partial charge in [0.05, 0.1) is 4.99 Å².